The monoisotopic (exact) mass is 423 g/mol. The molecule has 4 rings (SSSR count). The van der Waals surface area contributed by atoms with E-state index in [9.17, 15) is 14.4 Å². The normalized spacial score (nSPS) is 11.4. The second-order valence-corrected chi connectivity index (χ2v) is 7.68. The van der Waals surface area contributed by atoms with Crippen LogP contribution in [0.15, 0.2) is 78.4 Å². The van der Waals surface area contributed by atoms with Gasteiger partial charge in [0.1, 0.15) is 17.5 Å². The van der Waals surface area contributed by atoms with Gasteiger partial charge in [0.15, 0.2) is 0 Å². The van der Waals surface area contributed by atoms with Crippen LogP contribution in [-0.2, 0) is 11.3 Å². The molecular formula is C27H22FN3O. The average Bonchev–Trinajstić information content (AvgIpc) is 3.06. The number of aryl methyl sites for hydroxylation is 1. The van der Waals surface area contributed by atoms with E-state index in [4.69, 9.17) is 0 Å². The van der Waals surface area contributed by atoms with Crippen LogP contribution < -0.4 is 5.32 Å². The van der Waals surface area contributed by atoms with Gasteiger partial charge in [0.2, 0.25) is 0 Å². The van der Waals surface area contributed by atoms with Crippen LogP contribution in [0.4, 0.5) is 10.1 Å². The molecular weight excluding hydrogens is 401 g/mol. The van der Waals surface area contributed by atoms with Gasteiger partial charge in [-0.05, 0) is 44.2 Å². The largest absolute Gasteiger partial charge is 0.340 e. The lowest BCUT2D eigenvalue weighted by Crippen LogP contribution is -2.13. The molecule has 0 aliphatic carbocycles. The summed E-state index contributed by atoms with van der Waals surface area (Å²) < 4.78 is 16.3. The molecule has 0 atom stereocenters. The molecule has 1 N–H and O–H groups in total. The standard InChI is InChI=1S/C27H22FN3O/c1-18-11-13-22(14-12-18)30-27(32)21(16-29)15-24-19(2)31(26-10-6-4-8-23(24)26)17-20-7-3-5-9-25(20)28/h3-15H,17H2,1-2H3,(H,30,32)/b21-15-. The quantitative estimate of drug-likeness (QED) is 0.317. The lowest BCUT2D eigenvalue weighted by Gasteiger charge is -2.09. The van der Waals surface area contributed by atoms with Gasteiger partial charge in [-0.15, -0.1) is 0 Å². The fraction of sp³-hybridized carbons (Fsp3) is 0.111. The molecule has 158 valence electrons. The molecule has 1 heterocycles. The molecule has 0 saturated carbocycles. The Bertz CT molecular complexity index is 1370. The number of nitrogens with zero attached hydrogens (tertiary/aromatic N) is 2. The van der Waals surface area contributed by atoms with E-state index < -0.39 is 5.91 Å². The highest BCUT2D eigenvalue weighted by Gasteiger charge is 2.17. The van der Waals surface area contributed by atoms with Crippen molar-refractivity contribution in [1.82, 2.24) is 4.57 Å². The fourth-order valence-electron chi connectivity index (χ4n) is 3.77. The lowest BCUT2D eigenvalue weighted by molar-refractivity contribution is -0.112. The SMILES string of the molecule is Cc1ccc(NC(=O)/C(C#N)=C\c2c(C)n(Cc3ccccc3F)c3ccccc23)cc1. The van der Waals surface area contributed by atoms with E-state index in [0.29, 0.717) is 17.8 Å². The van der Waals surface area contributed by atoms with Crippen molar-refractivity contribution < 1.29 is 9.18 Å². The third kappa shape index (κ3) is 4.17. The van der Waals surface area contributed by atoms with Gasteiger partial charge < -0.3 is 9.88 Å². The summed E-state index contributed by atoms with van der Waals surface area (Å²) in [4.78, 5) is 12.8. The molecule has 0 saturated heterocycles. The molecule has 0 aliphatic heterocycles. The number of rotatable bonds is 5. The van der Waals surface area contributed by atoms with Crippen molar-refractivity contribution >= 4 is 28.6 Å². The van der Waals surface area contributed by atoms with Crippen LogP contribution in [0.3, 0.4) is 0 Å². The molecule has 0 bridgehead atoms. The molecule has 0 spiro atoms. The van der Waals surface area contributed by atoms with Crippen molar-refractivity contribution in [2.45, 2.75) is 20.4 Å². The summed E-state index contributed by atoms with van der Waals surface area (Å²) in [5.74, 6) is -0.737. The van der Waals surface area contributed by atoms with Crippen LogP contribution >= 0.6 is 0 Å². The molecule has 5 heteroatoms. The lowest BCUT2D eigenvalue weighted by atomic mass is 10.1. The topological polar surface area (TPSA) is 57.8 Å². The number of benzene rings is 3. The number of amides is 1. The van der Waals surface area contributed by atoms with Crippen molar-refractivity contribution in [3.05, 3.63) is 107 Å². The fourth-order valence-corrected chi connectivity index (χ4v) is 3.77. The van der Waals surface area contributed by atoms with E-state index in [0.717, 1.165) is 27.7 Å². The number of fused-ring (bicyclic) bond motifs is 1. The summed E-state index contributed by atoms with van der Waals surface area (Å²) in [7, 11) is 0. The zero-order valence-corrected chi connectivity index (χ0v) is 17.9. The van der Waals surface area contributed by atoms with Crippen molar-refractivity contribution in [3.63, 3.8) is 0 Å². The van der Waals surface area contributed by atoms with Crippen LogP contribution in [0.5, 0.6) is 0 Å². The van der Waals surface area contributed by atoms with Gasteiger partial charge in [0.25, 0.3) is 5.91 Å². The third-order valence-electron chi connectivity index (χ3n) is 5.53. The van der Waals surface area contributed by atoms with E-state index in [1.165, 1.54) is 6.07 Å². The van der Waals surface area contributed by atoms with Gasteiger partial charge >= 0.3 is 0 Å². The number of carbonyl (C=O) groups is 1. The summed E-state index contributed by atoms with van der Waals surface area (Å²) in [5, 5.41) is 13.4. The van der Waals surface area contributed by atoms with E-state index in [2.05, 4.69) is 5.32 Å². The zero-order chi connectivity index (χ0) is 22.7. The number of hydrogen-bond donors (Lipinski definition) is 1. The minimum Gasteiger partial charge on any atom is -0.340 e. The van der Waals surface area contributed by atoms with Crippen LogP contribution in [-0.4, -0.2) is 10.5 Å². The van der Waals surface area contributed by atoms with Crippen molar-refractivity contribution in [2.24, 2.45) is 0 Å². The molecule has 1 aromatic heterocycles. The second kappa shape index (κ2) is 8.91. The Labute approximate surface area is 186 Å². The maximum absolute atomic E-state index is 14.3. The molecule has 3 aromatic carbocycles. The minimum absolute atomic E-state index is 0.00229. The Morgan fingerprint density at radius 3 is 2.44 bits per heavy atom. The number of aromatic nitrogens is 1. The number of halogens is 1. The number of para-hydroxylation sites is 1. The summed E-state index contributed by atoms with van der Waals surface area (Å²) in [6.07, 6.45) is 1.61. The first-order chi connectivity index (χ1) is 15.5. The molecule has 4 aromatic rings. The molecule has 0 fully saturated rings. The Morgan fingerprint density at radius 1 is 1.03 bits per heavy atom. The summed E-state index contributed by atoms with van der Waals surface area (Å²) in [6.45, 7) is 4.23. The number of anilines is 1. The van der Waals surface area contributed by atoms with Gasteiger partial charge in [-0.3, -0.25) is 4.79 Å². The molecule has 0 radical (unpaired) electrons. The molecule has 0 unspecified atom stereocenters. The van der Waals surface area contributed by atoms with Crippen molar-refractivity contribution in [2.75, 3.05) is 5.32 Å². The summed E-state index contributed by atoms with van der Waals surface area (Å²) in [6, 6.07) is 23.8. The van der Waals surface area contributed by atoms with Crippen LogP contribution in [0.25, 0.3) is 17.0 Å². The van der Waals surface area contributed by atoms with E-state index >= 15 is 0 Å². The van der Waals surface area contributed by atoms with Crippen LogP contribution in [0.1, 0.15) is 22.4 Å². The number of nitrogens with one attached hydrogen (secondary N) is 1. The molecule has 0 aliphatic rings. The van der Waals surface area contributed by atoms with E-state index in [-0.39, 0.29) is 11.4 Å². The molecule has 32 heavy (non-hydrogen) atoms. The number of nitriles is 1. The molecule has 1 amide bonds. The average molecular weight is 423 g/mol. The predicted molar refractivity (Wildman–Crippen MR) is 126 cm³/mol. The predicted octanol–water partition coefficient (Wildman–Crippen LogP) is 5.99. The Balaban J connectivity index is 1.74. The van der Waals surface area contributed by atoms with Crippen molar-refractivity contribution in [3.8, 4) is 6.07 Å². The van der Waals surface area contributed by atoms with Gasteiger partial charge in [-0.25, -0.2) is 4.39 Å². The van der Waals surface area contributed by atoms with Gasteiger partial charge in [0, 0.05) is 33.4 Å². The molecule has 4 nitrogen and oxygen atoms in total. The van der Waals surface area contributed by atoms with Crippen LogP contribution in [0.2, 0.25) is 0 Å². The Morgan fingerprint density at radius 2 is 1.72 bits per heavy atom. The Kier molecular flexibility index (Phi) is 5.87. The second-order valence-electron chi connectivity index (χ2n) is 7.68. The zero-order valence-electron chi connectivity index (χ0n) is 17.9. The third-order valence-corrected chi connectivity index (χ3v) is 5.53. The highest BCUT2D eigenvalue weighted by molar-refractivity contribution is 6.11. The van der Waals surface area contributed by atoms with Crippen molar-refractivity contribution in [1.29, 1.82) is 5.26 Å². The van der Waals surface area contributed by atoms with E-state index in [1.54, 1.807) is 30.3 Å². The Hall–Kier alpha value is -4.17. The highest BCUT2D eigenvalue weighted by atomic mass is 19.1. The van der Waals surface area contributed by atoms with Crippen LogP contribution in [0, 0.1) is 31.0 Å². The smallest absolute Gasteiger partial charge is 0.266 e. The number of hydrogen-bond acceptors (Lipinski definition) is 2. The highest BCUT2D eigenvalue weighted by Crippen LogP contribution is 2.29. The first-order valence-electron chi connectivity index (χ1n) is 10.3. The van der Waals surface area contributed by atoms with Gasteiger partial charge in [0.05, 0.1) is 6.54 Å². The first-order valence-corrected chi connectivity index (χ1v) is 10.3. The summed E-state index contributed by atoms with van der Waals surface area (Å²) >= 11 is 0. The maximum atomic E-state index is 14.3. The van der Waals surface area contributed by atoms with Gasteiger partial charge in [-0.1, -0.05) is 54.1 Å². The minimum atomic E-state index is -0.471. The van der Waals surface area contributed by atoms with Gasteiger partial charge in [-0.2, -0.15) is 5.26 Å². The first kappa shape index (κ1) is 21.1. The maximum Gasteiger partial charge on any atom is 0.266 e. The number of carbonyl (C=O) groups excluding carboxylic acids is 1. The van der Waals surface area contributed by atoms with E-state index in [1.807, 2.05) is 66.9 Å². The summed E-state index contributed by atoms with van der Waals surface area (Å²) in [5.41, 5.74) is 4.82.